The molecule has 0 aliphatic heterocycles. The summed E-state index contributed by atoms with van der Waals surface area (Å²) >= 11 is 1.66. The molecule has 0 bridgehead atoms. The van der Waals surface area contributed by atoms with Crippen molar-refractivity contribution in [3.8, 4) is 0 Å². The molecule has 0 radical (unpaired) electrons. The Balaban J connectivity index is 2.38. The molecule has 3 N–H and O–H groups in total. The van der Waals surface area contributed by atoms with Crippen molar-refractivity contribution in [1.29, 1.82) is 0 Å². The maximum atomic E-state index is 11.5. The number of aryl methyl sites for hydroxylation is 1. The summed E-state index contributed by atoms with van der Waals surface area (Å²) in [6.07, 6.45) is 0.359. The van der Waals surface area contributed by atoms with Gasteiger partial charge in [0.05, 0.1) is 6.54 Å². The highest BCUT2D eigenvalue weighted by molar-refractivity contribution is 7.10. The summed E-state index contributed by atoms with van der Waals surface area (Å²) in [6, 6.07) is 2.05. The van der Waals surface area contributed by atoms with Crippen molar-refractivity contribution in [2.75, 3.05) is 0 Å². The molecule has 4 heteroatoms. The second-order valence-electron chi connectivity index (χ2n) is 4.47. The smallest absolute Gasteiger partial charge is 0.222 e. The van der Waals surface area contributed by atoms with Gasteiger partial charge in [-0.1, -0.05) is 0 Å². The van der Waals surface area contributed by atoms with Crippen molar-refractivity contribution in [3.05, 3.63) is 21.9 Å². The monoisotopic (exact) mass is 226 g/mol. The maximum absolute atomic E-state index is 11.5. The lowest BCUT2D eigenvalue weighted by Crippen LogP contribution is -2.38. The van der Waals surface area contributed by atoms with Crippen molar-refractivity contribution in [1.82, 2.24) is 5.32 Å². The van der Waals surface area contributed by atoms with Gasteiger partial charge in [-0.2, -0.15) is 0 Å². The number of amides is 1. The van der Waals surface area contributed by atoms with Crippen LogP contribution in [-0.4, -0.2) is 11.4 Å². The molecule has 1 amide bonds. The minimum Gasteiger partial charge on any atom is -0.351 e. The normalized spacial score (nSPS) is 11.5. The number of hydrogen-bond donors (Lipinski definition) is 2. The van der Waals surface area contributed by atoms with E-state index in [2.05, 4.69) is 11.4 Å². The van der Waals surface area contributed by atoms with Crippen LogP contribution in [0.4, 0.5) is 0 Å². The molecular weight excluding hydrogens is 208 g/mol. The van der Waals surface area contributed by atoms with Crippen LogP contribution in [0.1, 0.15) is 30.7 Å². The first-order chi connectivity index (χ1) is 6.88. The summed E-state index contributed by atoms with van der Waals surface area (Å²) in [7, 11) is 0. The average Bonchev–Trinajstić information content (AvgIpc) is 2.44. The Morgan fingerprint density at radius 3 is 2.73 bits per heavy atom. The van der Waals surface area contributed by atoms with E-state index in [4.69, 9.17) is 5.73 Å². The molecule has 84 valence electrons. The highest BCUT2D eigenvalue weighted by Crippen LogP contribution is 2.15. The quantitative estimate of drug-likeness (QED) is 0.822. The van der Waals surface area contributed by atoms with E-state index in [0.717, 1.165) is 0 Å². The molecule has 0 aromatic carbocycles. The molecule has 1 aromatic heterocycles. The Kier molecular flexibility index (Phi) is 3.88. The zero-order valence-corrected chi connectivity index (χ0v) is 10.3. The van der Waals surface area contributed by atoms with Crippen LogP contribution in [-0.2, 0) is 11.3 Å². The van der Waals surface area contributed by atoms with Gasteiger partial charge in [-0.25, -0.2) is 0 Å². The number of rotatable bonds is 4. The molecule has 0 aliphatic carbocycles. The van der Waals surface area contributed by atoms with Crippen molar-refractivity contribution in [2.24, 2.45) is 5.73 Å². The van der Waals surface area contributed by atoms with Gasteiger partial charge in [0.15, 0.2) is 0 Å². The van der Waals surface area contributed by atoms with Crippen molar-refractivity contribution in [3.63, 3.8) is 0 Å². The van der Waals surface area contributed by atoms with E-state index in [1.54, 1.807) is 11.3 Å². The summed E-state index contributed by atoms with van der Waals surface area (Å²) in [5.74, 6) is 0.00954. The van der Waals surface area contributed by atoms with Crippen LogP contribution in [0.15, 0.2) is 11.4 Å². The third-order valence-corrected chi connectivity index (χ3v) is 3.05. The number of thiophene rings is 1. The Morgan fingerprint density at radius 2 is 2.27 bits per heavy atom. The summed E-state index contributed by atoms with van der Waals surface area (Å²) in [5.41, 5.74) is 6.55. The minimum atomic E-state index is -0.436. The van der Waals surface area contributed by atoms with Gasteiger partial charge in [0.2, 0.25) is 5.91 Å². The Bertz CT molecular complexity index is 339. The second-order valence-corrected chi connectivity index (χ2v) is 5.47. The molecule has 0 saturated carbocycles. The van der Waals surface area contributed by atoms with Crippen LogP contribution in [0.3, 0.4) is 0 Å². The van der Waals surface area contributed by atoms with Gasteiger partial charge < -0.3 is 11.1 Å². The highest BCUT2D eigenvalue weighted by atomic mass is 32.1. The first-order valence-electron chi connectivity index (χ1n) is 4.97. The zero-order valence-electron chi connectivity index (χ0n) is 9.46. The molecule has 0 spiro atoms. The van der Waals surface area contributed by atoms with Crippen LogP contribution in [0.5, 0.6) is 0 Å². The molecule has 0 unspecified atom stereocenters. The molecule has 1 heterocycles. The molecule has 15 heavy (non-hydrogen) atoms. The molecule has 1 aromatic rings. The maximum Gasteiger partial charge on any atom is 0.222 e. The van der Waals surface area contributed by atoms with Gasteiger partial charge in [0.1, 0.15) is 0 Å². The average molecular weight is 226 g/mol. The first kappa shape index (κ1) is 12.2. The van der Waals surface area contributed by atoms with E-state index >= 15 is 0 Å². The van der Waals surface area contributed by atoms with Crippen LogP contribution in [0.2, 0.25) is 0 Å². The van der Waals surface area contributed by atoms with Crippen LogP contribution in [0, 0.1) is 6.92 Å². The van der Waals surface area contributed by atoms with E-state index in [1.807, 2.05) is 26.2 Å². The Hall–Kier alpha value is -0.870. The topological polar surface area (TPSA) is 55.1 Å². The van der Waals surface area contributed by atoms with Gasteiger partial charge in [0, 0.05) is 16.8 Å². The fraction of sp³-hybridized carbons (Fsp3) is 0.545. The Morgan fingerprint density at radius 1 is 1.60 bits per heavy atom. The van der Waals surface area contributed by atoms with Crippen molar-refractivity contribution >= 4 is 17.2 Å². The van der Waals surface area contributed by atoms with Gasteiger partial charge >= 0.3 is 0 Å². The molecule has 0 aliphatic rings. The summed E-state index contributed by atoms with van der Waals surface area (Å²) in [5, 5.41) is 4.91. The van der Waals surface area contributed by atoms with Crippen molar-refractivity contribution < 1.29 is 4.79 Å². The molecule has 0 saturated heterocycles. The van der Waals surface area contributed by atoms with E-state index in [1.165, 1.54) is 10.4 Å². The summed E-state index contributed by atoms with van der Waals surface area (Å²) in [6.45, 7) is 6.36. The lowest BCUT2D eigenvalue weighted by Gasteiger charge is -2.17. The number of nitrogens with one attached hydrogen (secondary N) is 1. The minimum absolute atomic E-state index is 0.00954. The molecular formula is C11H18N2OS. The standard InChI is InChI=1S/C11H18N2OS/c1-8-4-5-15-9(8)7-13-10(14)6-11(2,3)12/h4-5H,6-7,12H2,1-3H3,(H,13,14). The largest absolute Gasteiger partial charge is 0.351 e. The number of carbonyl (C=O) groups excluding carboxylic acids is 1. The molecule has 3 nitrogen and oxygen atoms in total. The molecule has 1 rings (SSSR count). The van der Waals surface area contributed by atoms with Crippen LogP contribution < -0.4 is 11.1 Å². The number of nitrogens with two attached hydrogens (primary N) is 1. The number of carbonyl (C=O) groups is 1. The molecule has 0 fully saturated rings. The van der Waals surface area contributed by atoms with E-state index in [-0.39, 0.29) is 5.91 Å². The predicted molar refractivity (Wildman–Crippen MR) is 63.8 cm³/mol. The summed E-state index contributed by atoms with van der Waals surface area (Å²) < 4.78 is 0. The second kappa shape index (κ2) is 4.77. The van der Waals surface area contributed by atoms with Crippen LogP contribution >= 0.6 is 11.3 Å². The summed E-state index contributed by atoms with van der Waals surface area (Å²) in [4.78, 5) is 12.7. The highest BCUT2D eigenvalue weighted by Gasteiger charge is 2.16. The zero-order chi connectivity index (χ0) is 11.5. The van der Waals surface area contributed by atoms with E-state index in [9.17, 15) is 4.79 Å². The van der Waals surface area contributed by atoms with Gasteiger partial charge in [-0.15, -0.1) is 11.3 Å². The van der Waals surface area contributed by atoms with Crippen LogP contribution in [0.25, 0.3) is 0 Å². The lowest BCUT2D eigenvalue weighted by molar-refractivity contribution is -0.122. The SMILES string of the molecule is Cc1ccsc1CNC(=O)CC(C)(C)N. The van der Waals surface area contributed by atoms with E-state index < -0.39 is 5.54 Å². The third kappa shape index (κ3) is 4.44. The van der Waals surface area contributed by atoms with Gasteiger partial charge in [-0.05, 0) is 37.8 Å². The third-order valence-electron chi connectivity index (χ3n) is 2.03. The fourth-order valence-corrected chi connectivity index (χ4v) is 2.09. The Labute approximate surface area is 94.7 Å². The lowest BCUT2D eigenvalue weighted by atomic mass is 10.0. The molecule has 0 atom stereocenters. The van der Waals surface area contributed by atoms with Gasteiger partial charge in [0.25, 0.3) is 0 Å². The number of hydrogen-bond acceptors (Lipinski definition) is 3. The fourth-order valence-electron chi connectivity index (χ4n) is 1.24. The van der Waals surface area contributed by atoms with Gasteiger partial charge in [-0.3, -0.25) is 4.79 Å². The van der Waals surface area contributed by atoms with E-state index in [0.29, 0.717) is 13.0 Å². The first-order valence-corrected chi connectivity index (χ1v) is 5.85. The predicted octanol–water partition coefficient (Wildman–Crippen LogP) is 1.80. The van der Waals surface area contributed by atoms with Crippen molar-refractivity contribution in [2.45, 2.75) is 39.3 Å².